The highest BCUT2D eigenvalue weighted by Gasteiger charge is 2.07. The van der Waals surface area contributed by atoms with Crippen LogP contribution in [0.1, 0.15) is 47.5 Å². The molecule has 0 spiro atoms. The molecule has 0 aromatic heterocycles. The van der Waals surface area contributed by atoms with E-state index in [1.54, 1.807) is 0 Å². The van der Waals surface area contributed by atoms with Crippen LogP contribution in [0.5, 0.6) is 0 Å². The fourth-order valence-electron chi connectivity index (χ4n) is 1.28. The molecule has 0 aliphatic rings. The third-order valence-corrected chi connectivity index (χ3v) is 2.84. The minimum atomic E-state index is 0.374. The number of ether oxygens (including phenoxy) is 1. The van der Waals surface area contributed by atoms with Crippen LogP contribution in [0, 0.1) is 5.92 Å². The van der Waals surface area contributed by atoms with Crippen LogP contribution in [-0.4, -0.2) is 25.3 Å². The Morgan fingerprint density at radius 3 is 2.07 bits per heavy atom. The van der Waals surface area contributed by atoms with Gasteiger partial charge in [-0.1, -0.05) is 27.7 Å². The molecule has 0 aliphatic heterocycles. The van der Waals surface area contributed by atoms with Gasteiger partial charge in [0, 0.05) is 12.6 Å². The van der Waals surface area contributed by atoms with Crippen LogP contribution in [0.25, 0.3) is 0 Å². The van der Waals surface area contributed by atoms with E-state index in [0.717, 1.165) is 13.2 Å². The highest BCUT2D eigenvalue weighted by atomic mass is 16.5. The van der Waals surface area contributed by atoms with Crippen molar-refractivity contribution in [2.24, 2.45) is 5.92 Å². The Labute approximate surface area is 89.4 Å². The van der Waals surface area contributed by atoms with E-state index in [9.17, 15) is 0 Å². The Hall–Kier alpha value is -0.0800. The van der Waals surface area contributed by atoms with Crippen molar-refractivity contribution in [3.05, 3.63) is 0 Å². The quantitative estimate of drug-likeness (QED) is 0.610. The van der Waals surface area contributed by atoms with Crippen LogP contribution in [-0.2, 0) is 4.74 Å². The number of hydrogen-bond acceptors (Lipinski definition) is 2. The third kappa shape index (κ3) is 6.39. The first-order valence-corrected chi connectivity index (χ1v) is 5.96. The fraction of sp³-hybridized carbons (Fsp3) is 1.00. The molecule has 0 aromatic rings. The third-order valence-electron chi connectivity index (χ3n) is 2.84. The molecular weight excluding hydrogens is 174 g/mol. The monoisotopic (exact) mass is 201 g/mol. The molecule has 0 amide bonds. The lowest BCUT2D eigenvalue weighted by molar-refractivity contribution is 0.0363. The van der Waals surface area contributed by atoms with Crippen molar-refractivity contribution in [1.82, 2.24) is 5.32 Å². The van der Waals surface area contributed by atoms with Gasteiger partial charge in [0.1, 0.15) is 0 Å². The number of rotatable bonds is 8. The van der Waals surface area contributed by atoms with Crippen molar-refractivity contribution in [2.75, 3.05) is 13.2 Å². The Bertz CT molecular complexity index is 117. The summed E-state index contributed by atoms with van der Waals surface area (Å²) in [6.45, 7) is 12.8. The maximum Gasteiger partial charge on any atom is 0.0594 e. The Kier molecular flexibility index (Phi) is 8.20. The van der Waals surface area contributed by atoms with Crippen LogP contribution < -0.4 is 5.32 Å². The van der Waals surface area contributed by atoms with E-state index < -0.39 is 0 Å². The molecule has 0 saturated carbocycles. The van der Waals surface area contributed by atoms with Crippen molar-refractivity contribution < 1.29 is 4.74 Å². The minimum Gasteiger partial charge on any atom is -0.377 e. The maximum absolute atomic E-state index is 5.68. The molecule has 2 nitrogen and oxygen atoms in total. The lowest BCUT2D eigenvalue weighted by atomic mass is 10.1. The van der Waals surface area contributed by atoms with Crippen molar-refractivity contribution >= 4 is 0 Å². The first-order valence-electron chi connectivity index (χ1n) is 5.96. The molecule has 0 aromatic carbocycles. The minimum absolute atomic E-state index is 0.374. The lowest BCUT2D eigenvalue weighted by Crippen LogP contribution is -2.32. The van der Waals surface area contributed by atoms with Crippen LogP contribution in [0.15, 0.2) is 0 Å². The molecule has 0 aliphatic carbocycles. The van der Waals surface area contributed by atoms with E-state index in [4.69, 9.17) is 4.74 Å². The Balaban J connectivity index is 3.36. The normalized spacial score (nSPS) is 13.9. The average Bonchev–Trinajstić information content (AvgIpc) is 2.17. The summed E-state index contributed by atoms with van der Waals surface area (Å²) in [4.78, 5) is 0. The summed E-state index contributed by atoms with van der Waals surface area (Å²) in [5.41, 5.74) is 0. The summed E-state index contributed by atoms with van der Waals surface area (Å²) in [5, 5.41) is 3.49. The van der Waals surface area contributed by atoms with Crippen LogP contribution >= 0.6 is 0 Å². The van der Waals surface area contributed by atoms with Crippen molar-refractivity contribution in [3.8, 4) is 0 Å². The Morgan fingerprint density at radius 2 is 1.64 bits per heavy atom. The van der Waals surface area contributed by atoms with Gasteiger partial charge in [0.15, 0.2) is 0 Å². The lowest BCUT2D eigenvalue weighted by Gasteiger charge is -2.19. The van der Waals surface area contributed by atoms with Gasteiger partial charge in [0.2, 0.25) is 0 Å². The van der Waals surface area contributed by atoms with E-state index in [-0.39, 0.29) is 0 Å². The summed E-state index contributed by atoms with van der Waals surface area (Å²) < 4.78 is 5.68. The largest absolute Gasteiger partial charge is 0.377 e. The Morgan fingerprint density at radius 1 is 1.07 bits per heavy atom. The second-order valence-electron chi connectivity index (χ2n) is 4.29. The molecule has 0 radical (unpaired) electrons. The maximum atomic E-state index is 5.68. The zero-order valence-corrected chi connectivity index (χ0v) is 10.5. The average molecular weight is 201 g/mol. The first-order chi connectivity index (χ1) is 6.61. The molecule has 0 bridgehead atoms. The van der Waals surface area contributed by atoms with Gasteiger partial charge in [0.05, 0.1) is 12.7 Å². The van der Waals surface area contributed by atoms with Crippen LogP contribution in [0.2, 0.25) is 0 Å². The van der Waals surface area contributed by atoms with E-state index in [2.05, 4.69) is 39.9 Å². The second-order valence-corrected chi connectivity index (χ2v) is 4.29. The van der Waals surface area contributed by atoms with Crippen LogP contribution in [0.4, 0.5) is 0 Å². The zero-order valence-electron chi connectivity index (χ0n) is 10.5. The molecule has 0 rings (SSSR count). The smallest absolute Gasteiger partial charge is 0.0594 e. The molecule has 86 valence electrons. The van der Waals surface area contributed by atoms with E-state index in [1.165, 1.54) is 12.8 Å². The van der Waals surface area contributed by atoms with Gasteiger partial charge in [0.25, 0.3) is 0 Å². The van der Waals surface area contributed by atoms with Gasteiger partial charge in [-0.2, -0.15) is 0 Å². The van der Waals surface area contributed by atoms with Crippen molar-refractivity contribution in [3.63, 3.8) is 0 Å². The molecule has 0 fully saturated rings. The van der Waals surface area contributed by atoms with E-state index in [0.29, 0.717) is 18.1 Å². The number of hydrogen-bond donors (Lipinski definition) is 1. The van der Waals surface area contributed by atoms with E-state index in [1.807, 2.05) is 0 Å². The molecule has 1 N–H and O–H groups in total. The molecule has 14 heavy (non-hydrogen) atoms. The van der Waals surface area contributed by atoms with E-state index >= 15 is 0 Å². The molecule has 2 heteroatoms. The highest BCUT2D eigenvalue weighted by molar-refractivity contribution is 4.62. The SMILES string of the molecule is CCC(CC)NCCOC(C)C(C)C. The van der Waals surface area contributed by atoms with Gasteiger partial charge < -0.3 is 10.1 Å². The summed E-state index contributed by atoms with van der Waals surface area (Å²) in [7, 11) is 0. The fourth-order valence-corrected chi connectivity index (χ4v) is 1.28. The van der Waals surface area contributed by atoms with Gasteiger partial charge in [-0.25, -0.2) is 0 Å². The van der Waals surface area contributed by atoms with Gasteiger partial charge in [-0.05, 0) is 25.7 Å². The highest BCUT2D eigenvalue weighted by Crippen LogP contribution is 2.04. The predicted octanol–water partition coefficient (Wildman–Crippen LogP) is 2.83. The summed E-state index contributed by atoms with van der Waals surface area (Å²) >= 11 is 0. The zero-order chi connectivity index (χ0) is 11.0. The molecule has 1 atom stereocenters. The van der Waals surface area contributed by atoms with Crippen molar-refractivity contribution in [1.29, 1.82) is 0 Å². The van der Waals surface area contributed by atoms with Crippen LogP contribution in [0.3, 0.4) is 0 Å². The van der Waals surface area contributed by atoms with Crippen molar-refractivity contribution in [2.45, 2.75) is 59.6 Å². The second kappa shape index (κ2) is 8.25. The first kappa shape index (κ1) is 13.9. The molecule has 0 heterocycles. The molecule has 0 saturated heterocycles. The summed E-state index contributed by atoms with van der Waals surface area (Å²) in [5.74, 6) is 0.614. The summed E-state index contributed by atoms with van der Waals surface area (Å²) in [6.07, 6.45) is 2.78. The number of nitrogens with one attached hydrogen (secondary N) is 1. The molecule has 1 unspecified atom stereocenters. The van der Waals surface area contributed by atoms with Gasteiger partial charge in [-0.15, -0.1) is 0 Å². The summed E-state index contributed by atoms with van der Waals surface area (Å²) in [6, 6.07) is 0.660. The van der Waals surface area contributed by atoms with Gasteiger partial charge >= 0.3 is 0 Å². The topological polar surface area (TPSA) is 21.3 Å². The standard InChI is InChI=1S/C12H27NO/c1-6-12(7-2)13-8-9-14-11(5)10(3)4/h10-13H,6-9H2,1-5H3. The van der Waals surface area contributed by atoms with Gasteiger partial charge in [-0.3, -0.25) is 0 Å². The molecular formula is C12H27NO. The predicted molar refractivity (Wildman–Crippen MR) is 62.6 cm³/mol.